The van der Waals surface area contributed by atoms with Crippen LogP contribution in [0.5, 0.6) is 0 Å². The van der Waals surface area contributed by atoms with Crippen molar-refractivity contribution in [3.63, 3.8) is 0 Å². The fourth-order valence-electron chi connectivity index (χ4n) is 1.41. The molecule has 0 saturated carbocycles. The molecule has 0 N–H and O–H groups in total. The lowest BCUT2D eigenvalue weighted by atomic mass is 10.1. The van der Waals surface area contributed by atoms with E-state index in [9.17, 15) is 0 Å². The van der Waals surface area contributed by atoms with Crippen molar-refractivity contribution in [3.8, 4) is 6.07 Å². The van der Waals surface area contributed by atoms with E-state index in [0.29, 0.717) is 5.69 Å². The van der Waals surface area contributed by atoms with E-state index in [4.69, 9.17) is 5.26 Å². The number of aromatic nitrogens is 1. The Hall–Kier alpha value is -1.40. The molecule has 0 bridgehead atoms. The first-order valence-corrected chi connectivity index (χ1v) is 4.96. The van der Waals surface area contributed by atoms with E-state index < -0.39 is 0 Å². The summed E-state index contributed by atoms with van der Waals surface area (Å²) in [5.41, 5.74) is 1.61. The minimum atomic E-state index is 0.479. The molecule has 2 rings (SSSR count). The number of nitrogens with zero attached hydrogens (tertiary/aromatic N) is 2. The highest BCUT2D eigenvalue weighted by molar-refractivity contribution is 9.10. The number of aryl methyl sites for hydroxylation is 1. The zero-order valence-electron chi connectivity index (χ0n) is 7.58. The summed E-state index contributed by atoms with van der Waals surface area (Å²) in [5.74, 6) is 0. The first kappa shape index (κ1) is 9.17. The molecule has 0 aliphatic heterocycles. The zero-order valence-corrected chi connectivity index (χ0v) is 9.17. The maximum atomic E-state index is 8.89. The third-order valence-corrected chi connectivity index (χ3v) is 2.73. The van der Waals surface area contributed by atoms with Crippen LogP contribution in [0.4, 0.5) is 0 Å². The maximum Gasteiger partial charge on any atom is 0.148 e. The monoisotopic (exact) mass is 246 g/mol. The lowest BCUT2D eigenvalue weighted by molar-refractivity contribution is 1.28. The standard InChI is InChI=1S/C11H7BrN2/c1-7-2-3-8-9(4-7)11(5-13)14-6-10(8)12/h2-4,6H,1H3. The summed E-state index contributed by atoms with van der Waals surface area (Å²) in [6.45, 7) is 2.00. The van der Waals surface area contributed by atoms with Crippen molar-refractivity contribution in [1.82, 2.24) is 4.98 Å². The van der Waals surface area contributed by atoms with Gasteiger partial charge in [-0.2, -0.15) is 5.26 Å². The van der Waals surface area contributed by atoms with Crippen molar-refractivity contribution in [2.75, 3.05) is 0 Å². The lowest BCUT2D eigenvalue weighted by Crippen LogP contribution is -1.87. The van der Waals surface area contributed by atoms with Crippen molar-refractivity contribution >= 4 is 26.7 Å². The Labute approximate surface area is 90.3 Å². The van der Waals surface area contributed by atoms with Gasteiger partial charge in [-0.25, -0.2) is 4.98 Å². The topological polar surface area (TPSA) is 36.7 Å². The molecule has 2 aromatic rings. The smallest absolute Gasteiger partial charge is 0.148 e. The van der Waals surface area contributed by atoms with Crippen LogP contribution in [0.3, 0.4) is 0 Å². The van der Waals surface area contributed by atoms with Gasteiger partial charge in [0.1, 0.15) is 11.8 Å². The van der Waals surface area contributed by atoms with E-state index >= 15 is 0 Å². The summed E-state index contributed by atoms with van der Waals surface area (Å²) >= 11 is 3.41. The van der Waals surface area contributed by atoms with Crippen molar-refractivity contribution in [2.24, 2.45) is 0 Å². The highest BCUT2D eigenvalue weighted by Gasteiger charge is 2.04. The van der Waals surface area contributed by atoms with Crippen LogP contribution in [0.15, 0.2) is 28.9 Å². The van der Waals surface area contributed by atoms with E-state index in [1.165, 1.54) is 0 Å². The van der Waals surface area contributed by atoms with Gasteiger partial charge >= 0.3 is 0 Å². The number of rotatable bonds is 0. The van der Waals surface area contributed by atoms with Gasteiger partial charge < -0.3 is 0 Å². The average molecular weight is 247 g/mol. The van der Waals surface area contributed by atoms with Crippen LogP contribution in [0.25, 0.3) is 10.8 Å². The van der Waals surface area contributed by atoms with Gasteiger partial charge in [-0.05, 0) is 28.9 Å². The largest absolute Gasteiger partial charge is 0.244 e. The van der Waals surface area contributed by atoms with Gasteiger partial charge in [0.2, 0.25) is 0 Å². The van der Waals surface area contributed by atoms with E-state index in [1.807, 2.05) is 25.1 Å². The minimum Gasteiger partial charge on any atom is -0.244 e. The summed E-state index contributed by atoms with van der Waals surface area (Å²) in [6, 6.07) is 8.09. The minimum absolute atomic E-state index is 0.479. The SMILES string of the molecule is Cc1ccc2c(Br)cnc(C#N)c2c1. The average Bonchev–Trinajstić information content (AvgIpc) is 2.18. The predicted octanol–water partition coefficient (Wildman–Crippen LogP) is 3.18. The Bertz CT molecular complexity index is 541. The van der Waals surface area contributed by atoms with E-state index in [2.05, 4.69) is 27.0 Å². The van der Waals surface area contributed by atoms with Crippen LogP contribution in [-0.4, -0.2) is 4.98 Å². The van der Waals surface area contributed by atoms with Crippen molar-refractivity contribution < 1.29 is 0 Å². The summed E-state index contributed by atoms with van der Waals surface area (Å²) in [5, 5.41) is 10.8. The fraction of sp³-hybridized carbons (Fsp3) is 0.0909. The molecule has 1 aromatic carbocycles. The molecule has 0 aliphatic rings. The predicted molar refractivity (Wildman–Crippen MR) is 58.9 cm³/mol. The molecule has 0 atom stereocenters. The van der Waals surface area contributed by atoms with Crippen molar-refractivity contribution in [1.29, 1.82) is 5.26 Å². The highest BCUT2D eigenvalue weighted by atomic mass is 79.9. The van der Waals surface area contributed by atoms with Crippen LogP contribution in [-0.2, 0) is 0 Å². The van der Waals surface area contributed by atoms with Crippen molar-refractivity contribution in [2.45, 2.75) is 6.92 Å². The molecular formula is C11H7BrN2. The van der Waals surface area contributed by atoms with Crippen LogP contribution >= 0.6 is 15.9 Å². The number of hydrogen-bond donors (Lipinski definition) is 0. The third kappa shape index (κ3) is 1.38. The maximum absolute atomic E-state index is 8.89. The Morgan fingerprint density at radius 3 is 2.86 bits per heavy atom. The molecule has 0 aliphatic carbocycles. The van der Waals surface area contributed by atoms with Crippen molar-refractivity contribution in [3.05, 3.63) is 40.1 Å². The molecule has 0 radical (unpaired) electrons. The van der Waals surface area contributed by atoms with E-state index in [0.717, 1.165) is 20.8 Å². The quantitative estimate of drug-likeness (QED) is 0.716. The van der Waals surface area contributed by atoms with Gasteiger partial charge in [-0.3, -0.25) is 0 Å². The third-order valence-electron chi connectivity index (χ3n) is 2.10. The number of nitriles is 1. The highest BCUT2D eigenvalue weighted by Crippen LogP contribution is 2.25. The number of benzene rings is 1. The number of hydrogen-bond acceptors (Lipinski definition) is 2. The second-order valence-electron chi connectivity index (χ2n) is 3.12. The molecule has 1 aromatic heterocycles. The van der Waals surface area contributed by atoms with Gasteiger partial charge in [0.25, 0.3) is 0 Å². The second-order valence-corrected chi connectivity index (χ2v) is 3.97. The molecular weight excluding hydrogens is 240 g/mol. The molecule has 0 spiro atoms. The van der Waals surface area contributed by atoms with Gasteiger partial charge in [-0.15, -0.1) is 0 Å². The Morgan fingerprint density at radius 1 is 1.36 bits per heavy atom. The molecule has 0 unspecified atom stereocenters. The van der Waals surface area contributed by atoms with Crippen LogP contribution in [0, 0.1) is 18.3 Å². The van der Waals surface area contributed by atoms with Crippen LogP contribution in [0.2, 0.25) is 0 Å². The van der Waals surface area contributed by atoms with Gasteiger partial charge in [0, 0.05) is 21.4 Å². The van der Waals surface area contributed by atoms with Gasteiger partial charge in [0.15, 0.2) is 0 Å². The molecule has 3 heteroatoms. The van der Waals surface area contributed by atoms with Gasteiger partial charge in [0.05, 0.1) is 0 Å². The summed E-state index contributed by atoms with van der Waals surface area (Å²) in [6.07, 6.45) is 1.66. The Balaban J connectivity index is 2.94. The second kappa shape index (κ2) is 3.39. The fourth-order valence-corrected chi connectivity index (χ4v) is 1.86. The molecule has 1 heterocycles. The number of fused-ring (bicyclic) bond motifs is 1. The van der Waals surface area contributed by atoms with E-state index in [1.54, 1.807) is 6.20 Å². The summed E-state index contributed by atoms with van der Waals surface area (Å²) in [7, 11) is 0. The normalized spacial score (nSPS) is 10.1. The first-order valence-electron chi connectivity index (χ1n) is 4.17. The number of halogens is 1. The van der Waals surface area contributed by atoms with Gasteiger partial charge in [-0.1, -0.05) is 17.7 Å². The summed E-state index contributed by atoms with van der Waals surface area (Å²) in [4.78, 5) is 4.06. The molecule has 68 valence electrons. The van der Waals surface area contributed by atoms with Crippen LogP contribution < -0.4 is 0 Å². The van der Waals surface area contributed by atoms with Crippen LogP contribution in [0.1, 0.15) is 11.3 Å². The zero-order chi connectivity index (χ0) is 10.1. The molecule has 2 nitrogen and oxygen atoms in total. The Morgan fingerprint density at radius 2 is 2.14 bits per heavy atom. The Kier molecular flexibility index (Phi) is 2.22. The van der Waals surface area contributed by atoms with E-state index in [-0.39, 0.29) is 0 Å². The molecule has 0 saturated heterocycles. The molecule has 0 fully saturated rings. The molecule has 0 amide bonds. The summed E-state index contributed by atoms with van der Waals surface area (Å²) < 4.78 is 0.923. The first-order chi connectivity index (χ1) is 6.72. The molecule has 14 heavy (non-hydrogen) atoms. The number of pyridine rings is 1. The lowest BCUT2D eigenvalue weighted by Gasteiger charge is -2.02.